The second-order valence-electron chi connectivity index (χ2n) is 5.33. The van der Waals surface area contributed by atoms with Crippen molar-refractivity contribution < 1.29 is 13.2 Å². The molecule has 0 atom stereocenters. The van der Waals surface area contributed by atoms with Crippen LogP contribution in [0.15, 0.2) is 17.0 Å². The summed E-state index contributed by atoms with van der Waals surface area (Å²) < 4.78 is 32.5. The van der Waals surface area contributed by atoms with Gasteiger partial charge in [-0.1, -0.05) is 0 Å². The van der Waals surface area contributed by atoms with E-state index in [9.17, 15) is 8.42 Å². The summed E-state index contributed by atoms with van der Waals surface area (Å²) in [5.74, 6) is 0. The number of ether oxygens (including phenoxy) is 1. The first kappa shape index (κ1) is 16.2. The third kappa shape index (κ3) is 4.16. The number of sulfonamides is 1. The molecule has 7 heteroatoms. The van der Waals surface area contributed by atoms with Crippen molar-refractivity contribution in [2.24, 2.45) is 0 Å². The molecular formula is C14H23N3O3S. The van der Waals surface area contributed by atoms with E-state index in [1.165, 1.54) is 0 Å². The summed E-state index contributed by atoms with van der Waals surface area (Å²) in [4.78, 5) is 2.34. The number of nitrogen functional groups attached to an aromatic ring is 1. The number of nitrogens with zero attached hydrogens (tertiary/aromatic N) is 1. The molecule has 1 aliphatic heterocycles. The topological polar surface area (TPSA) is 84.7 Å². The molecule has 1 fully saturated rings. The van der Waals surface area contributed by atoms with Crippen molar-refractivity contribution in [1.82, 2.24) is 9.62 Å². The molecule has 1 heterocycles. The molecule has 6 nitrogen and oxygen atoms in total. The predicted octanol–water partition coefficient (Wildman–Crippen LogP) is 0.496. The lowest BCUT2D eigenvalue weighted by Crippen LogP contribution is -2.41. The summed E-state index contributed by atoms with van der Waals surface area (Å²) in [6.45, 7) is 7.92. The van der Waals surface area contributed by atoms with E-state index in [4.69, 9.17) is 10.5 Å². The van der Waals surface area contributed by atoms with Crippen molar-refractivity contribution in [3.8, 4) is 0 Å². The maximum absolute atomic E-state index is 12.3. The zero-order valence-electron chi connectivity index (χ0n) is 12.6. The molecule has 3 N–H and O–H groups in total. The number of aryl methyl sites for hydroxylation is 2. The maximum atomic E-state index is 12.3. The summed E-state index contributed by atoms with van der Waals surface area (Å²) in [7, 11) is -3.56. The lowest BCUT2D eigenvalue weighted by Gasteiger charge is -2.26. The Hall–Kier alpha value is -1.15. The Morgan fingerprint density at radius 1 is 1.24 bits per heavy atom. The molecule has 1 aromatic rings. The molecule has 0 aromatic heterocycles. The van der Waals surface area contributed by atoms with Gasteiger partial charge >= 0.3 is 0 Å². The number of nitrogens with one attached hydrogen (secondary N) is 1. The number of benzene rings is 1. The first-order chi connectivity index (χ1) is 9.90. The molecular weight excluding hydrogens is 290 g/mol. The second kappa shape index (κ2) is 6.74. The Balaban J connectivity index is 1.99. The minimum atomic E-state index is -3.56. The van der Waals surface area contributed by atoms with Gasteiger partial charge in [0.2, 0.25) is 10.0 Å². The molecule has 1 aliphatic rings. The van der Waals surface area contributed by atoms with Crippen LogP contribution in [-0.4, -0.2) is 52.7 Å². The fraction of sp³-hybridized carbons (Fsp3) is 0.571. The molecule has 0 radical (unpaired) electrons. The highest BCUT2D eigenvalue weighted by molar-refractivity contribution is 7.89. The van der Waals surface area contributed by atoms with E-state index in [1.807, 2.05) is 13.8 Å². The first-order valence-electron chi connectivity index (χ1n) is 7.06. The fourth-order valence-corrected chi connectivity index (χ4v) is 3.50. The molecule has 1 aromatic carbocycles. The van der Waals surface area contributed by atoms with Crippen LogP contribution in [0.4, 0.5) is 5.69 Å². The van der Waals surface area contributed by atoms with Crippen molar-refractivity contribution in [3.63, 3.8) is 0 Å². The first-order valence-corrected chi connectivity index (χ1v) is 8.55. The summed E-state index contributed by atoms with van der Waals surface area (Å²) in [6.07, 6.45) is 0. The molecule has 0 saturated carbocycles. The third-order valence-corrected chi connectivity index (χ3v) is 5.26. The van der Waals surface area contributed by atoms with Gasteiger partial charge in [-0.3, -0.25) is 4.90 Å². The number of nitrogens with two attached hydrogens (primary N) is 1. The van der Waals surface area contributed by atoms with E-state index >= 15 is 0 Å². The highest BCUT2D eigenvalue weighted by Crippen LogP contribution is 2.22. The van der Waals surface area contributed by atoms with Crippen molar-refractivity contribution in [2.75, 3.05) is 45.1 Å². The zero-order chi connectivity index (χ0) is 15.5. The van der Waals surface area contributed by atoms with Crippen LogP contribution in [0.3, 0.4) is 0 Å². The molecule has 0 amide bonds. The molecule has 1 saturated heterocycles. The van der Waals surface area contributed by atoms with Gasteiger partial charge in [0.1, 0.15) is 4.90 Å². The Morgan fingerprint density at radius 3 is 2.52 bits per heavy atom. The van der Waals surface area contributed by atoms with Crippen LogP contribution in [-0.2, 0) is 14.8 Å². The van der Waals surface area contributed by atoms with E-state index in [0.717, 1.165) is 24.2 Å². The van der Waals surface area contributed by atoms with E-state index in [1.54, 1.807) is 12.1 Å². The molecule has 2 rings (SSSR count). The Bertz CT molecular complexity index is 596. The van der Waals surface area contributed by atoms with E-state index in [-0.39, 0.29) is 10.6 Å². The van der Waals surface area contributed by atoms with Crippen molar-refractivity contribution in [3.05, 3.63) is 23.3 Å². The second-order valence-corrected chi connectivity index (χ2v) is 7.06. The van der Waals surface area contributed by atoms with E-state index in [2.05, 4.69) is 9.62 Å². The van der Waals surface area contributed by atoms with Crippen LogP contribution in [0.25, 0.3) is 0 Å². The monoisotopic (exact) mass is 313 g/mol. The van der Waals surface area contributed by atoms with Gasteiger partial charge in [-0.25, -0.2) is 13.1 Å². The van der Waals surface area contributed by atoms with Crippen molar-refractivity contribution >= 4 is 15.7 Å². The summed E-state index contributed by atoms with van der Waals surface area (Å²) in [6, 6.07) is 3.33. The minimum absolute atomic E-state index is 0.160. The maximum Gasteiger partial charge on any atom is 0.242 e. The Labute approximate surface area is 126 Å². The van der Waals surface area contributed by atoms with E-state index in [0.29, 0.717) is 26.3 Å². The van der Waals surface area contributed by atoms with Gasteiger partial charge in [-0.2, -0.15) is 0 Å². The average molecular weight is 313 g/mol. The molecule has 0 spiro atoms. The van der Waals surface area contributed by atoms with Gasteiger partial charge in [0, 0.05) is 26.2 Å². The SMILES string of the molecule is Cc1cc(N)c(S(=O)(=O)NCCN2CCOCC2)cc1C. The van der Waals surface area contributed by atoms with Gasteiger partial charge < -0.3 is 10.5 Å². The van der Waals surface area contributed by atoms with Crippen LogP contribution in [0.5, 0.6) is 0 Å². The largest absolute Gasteiger partial charge is 0.398 e. The standard InChI is InChI=1S/C14H23N3O3S/c1-11-9-13(15)14(10-12(11)2)21(18,19)16-3-4-17-5-7-20-8-6-17/h9-10,16H,3-8,15H2,1-2H3. The summed E-state index contributed by atoms with van der Waals surface area (Å²) in [5.41, 5.74) is 8.03. The molecule has 118 valence electrons. The van der Waals surface area contributed by atoms with Crippen molar-refractivity contribution in [2.45, 2.75) is 18.7 Å². The van der Waals surface area contributed by atoms with Crippen LogP contribution in [0.2, 0.25) is 0 Å². The zero-order valence-corrected chi connectivity index (χ0v) is 13.4. The lowest BCUT2D eigenvalue weighted by atomic mass is 10.1. The number of hydrogen-bond donors (Lipinski definition) is 2. The van der Waals surface area contributed by atoms with Gasteiger partial charge in [-0.05, 0) is 37.1 Å². The minimum Gasteiger partial charge on any atom is -0.398 e. The number of anilines is 1. The summed E-state index contributed by atoms with van der Waals surface area (Å²) in [5, 5.41) is 0. The van der Waals surface area contributed by atoms with E-state index < -0.39 is 10.0 Å². The molecule has 0 aliphatic carbocycles. The highest BCUT2D eigenvalue weighted by atomic mass is 32.2. The lowest BCUT2D eigenvalue weighted by molar-refractivity contribution is 0.0390. The normalized spacial score (nSPS) is 17.0. The van der Waals surface area contributed by atoms with Gasteiger partial charge in [-0.15, -0.1) is 0 Å². The number of morpholine rings is 1. The van der Waals surface area contributed by atoms with Crippen LogP contribution >= 0.6 is 0 Å². The molecule has 0 bridgehead atoms. The van der Waals surface area contributed by atoms with Crippen molar-refractivity contribution in [1.29, 1.82) is 0 Å². The van der Waals surface area contributed by atoms with Gasteiger partial charge in [0.25, 0.3) is 0 Å². The highest BCUT2D eigenvalue weighted by Gasteiger charge is 2.19. The molecule has 21 heavy (non-hydrogen) atoms. The smallest absolute Gasteiger partial charge is 0.242 e. The molecule has 0 unspecified atom stereocenters. The fourth-order valence-electron chi connectivity index (χ4n) is 2.29. The Morgan fingerprint density at radius 2 is 1.86 bits per heavy atom. The summed E-state index contributed by atoms with van der Waals surface area (Å²) >= 11 is 0. The quantitative estimate of drug-likeness (QED) is 0.773. The van der Waals surface area contributed by atoms with Gasteiger partial charge in [0.05, 0.1) is 18.9 Å². The van der Waals surface area contributed by atoms with Crippen LogP contribution < -0.4 is 10.5 Å². The number of rotatable bonds is 5. The van der Waals surface area contributed by atoms with Crippen LogP contribution in [0.1, 0.15) is 11.1 Å². The third-order valence-electron chi connectivity index (χ3n) is 3.74. The van der Waals surface area contributed by atoms with Gasteiger partial charge in [0.15, 0.2) is 0 Å². The Kier molecular flexibility index (Phi) is 5.21. The predicted molar refractivity (Wildman–Crippen MR) is 82.8 cm³/mol. The average Bonchev–Trinajstić information content (AvgIpc) is 2.43. The van der Waals surface area contributed by atoms with Crippen LogP contribution in [0, 0.1) is 13.8 Å². The number of hydrogen-bond acceptors (Lipinski definition) is 5.